The highest BCUT2D eigenvalue weighted by atomic mass is 16.3. The van der Waals surface area contributed by atoms with Crippen molar-refractivity contribution in [3.63, 3.8) is 0 Å². The van der Waals surface area contributed by atoms with Crippen LogP contribution >= 0.6 is 0 Å². The first-order valence-corrected chi connectivity index (χ1v) is 4.70. The van der Waals surface area contributed by atoms with Crippen LogP contribution in [0, 0.1) is 0 Å². The maximum absolute atomic E-state index is 11.5. The minimum absolute atomic E-state index is 0.277. The molecule has 1 rings (SSSR count). The van der Waals surface area contributed by atoms with Crippen LogP contribution in [0.25, 0.3) is 0 Å². The molecule has 4 heteroatoms. The third-order valence-corrected chi connectivity index (χ3v) is 1.91. The van der Waals surface area contributed by atoms with Gasteiger partial charge < -0.3 is 9.90 Å². The first-order valence-electron chi connectivity index (χ1n) is 4.70. The molecule has 0 radical (unpaired) electrons. The fraction of sp³-hybridized carbons (Fsp3) is 0.273. The number of hydrogen-bond donors (Lipinski definition) is 2. The zero-order valence-corrected chi connectivity index (χ0v) is 8.22. The predicted octanol–water partition coefficient (Wildman–Crippen LogP) is 0.366. The molecule has 0 aliphatic heterocycles. The molecule has 0 bridgehead atoms. The number of carbonyl (C=O) groups excluding carboxylic acids is 2. The number of aliphatic hydroxyl groups is 1. The minimum atomic E-state index is -1.24. The Kier molecular flexibility index (Phi) is 4.66. The first-order chi connectivity index (χ1) is 7.25. The van der Waals surface area contributed by atoms with E-state index in [0.29, 0.717) is 12.1 Å². The van der Waals surface area contributed by atoms with E-state index in [-0.39, 0.29) is 12.2 Å². The van der Waals surface area contributed by atoms with Crippen molar-refractivity contribution in [2.45, 2.75) is 12.6 Å². The smallest absolute Gasteiger partial charge is 0.206 e. The second-order valence-electron chi connectivity index (χ2n) is 3.04. The summed E-state index contributed by atoms with van der Waals surface area (Å²) >= 11 is 0. The fourth-order valence-electron chi connectivity index (χ4n) is 1.13. The molecule has 15 heavy (non-hydrogen) atoms. The summed E-state index contributed by atoms with van der Waals surface area (Å²) in [5.74, 6) is -0.388. The highest BCUT2D eigenvalue weighted by Crippen LogP contribution is 2.01. The van der Waals surface area contributed by atoms with Crippen LogP contribution < -0.4 is 5.32 Å². The van der Waals surface area contributed by atoms with E-state index in [4.69, 9.17) is 0 Å². The predicted molar refractivity (Wildman–Crippen MR) is 55.5 cm³/mol. The summed E-state index contributed by atoms with van der Waals surface area (Å²) in [5.41, 5.74) is 0.448. The lowest BCUT2D eigenvalue weighted by atomic mass is 10.1. The molecule has 4 nitrogen and oxygen atoms in total. The van der Waals surface area contributed by atoms with Crippen molar-refractivity contribution < 1.29 is 14.7 Å². The van der Waals surface area contributed by atoms with E-state index in [1.54, 1.807) is 30.3 Å². The van der Waals surface area contributed by atoms with Crippen LogP contribution in [-0.4, -0.2) is 29.9 Å². The molecule has 80 valence electrons. The Morgan fingerprint density at radius 2 is 2.07 bits per heavy atom. The fourth-order valence-corrected chi connectivity index (χ4v) is 1.13. The summed E-state index contributed by atoms with van der Waals surface area (Å²) in [5, 5.41) is 12.0. The number of aldehydes is 1. The van der Waals surface area contributed by atoms with Crippen LogP contribution in [0.3, 0.4) is 0 Å². The average molecular weight is 207 g/mol. The molecule has 0 saturated carbocycles. The van der Waals surface area contributed by atoms with E-state index in [9.17, 15) is 14.7 Å². The third kappa shape index (κ3) is 3.61. The van der Waals surface area contributed by atoms with Gasteiger partial charge in [0.1, 0.15) is 6.29 Å². The molecule has 0 saturated heterocycles. The summed E-state index contributed by atoms with van der Waals surface area (Å²) in [7, 11) is 0. The standard InChI is InChI=1S/C11H13NO3/c13-8-4-7-12-11(15)10(14)9-5-2-1-3-6-9/h1-3,5-6,8,11-12,15H,4,7H2. The van der Waals surface area contributed by atoms with Gasteiger partial charge in [-0.15, -0.1) is 0 Å². The van der Waals surface area contributed by atoms with E-state index in [0.717, 1.165) is 6.29 Å². The molecule has 0 heterocycles. The molecule has 1 aromatic carbocycles. The van der Waals surface area contributed by atoms with E-state index < -0.39 is 6.23 Å². The van der Waals surface area contributed by atoms with Crippen LogP contribution in [0.4, 0.5) is 0 Å². The van der Waals surface area contributed by atoms with E-state index in [1.165, 1.54) is 0 Å². The number of Topliss-reactive ketones (excluding diaryl/α,β-unsaturated/α-hetero) is 1. The number of aliphatic hydroxyl groups excluding tert-OH is 1. The summed E-state index contributed by atoms with van der Waals surface area (Å²) < 4.78 is 0. The monoisotopic (exact) mass is 207 g/mol. The normalized spacial score (nSPS) is 12.1. The SMILES string of the molecule is O=CCCNC(O)C(=O)c1ccccc1. The molecule has 0 amide bonds. The molecule has 1 aromatic rings. The topological polar surface area (TPSA) is 66.4 Å². The van der Waals surface area contributed by atoms with Crippen LogP contribution in [0.1, 0.15) is 16.8 Å². The largest absolute Gasteiger partial charge is 0.371 e. The van der Waals surface area contributed by atoms with Crippen LogP contribution in [0.5, 0.6) is 0 Å². The van der Waals surface area contributed by atoms with Gasteiger partial charge in [-0.25, -0.2) is 0 Å². The number of carbonyl (C=O) groups is 2. The molecule has 0 spiro atoms. The number of benzene rings is 1. The van der Waals surface area contributed by atoms with Gasteiger partial charge in [-0.05, 0) is 0 Å². The first kappa shape index (κ1) is 11.6. The molecule has 1 unspecified atom stereocenters. The molecule has 0 aliphatic carbocycles. The molecular weight excluding hydrogens is 194 g/mol. The second kappa shape index (κ2) is 6.06. The quantitative estimate of drug-likeness (QED) is 0.306. The van der Waals surface area contributed by atoms with Gasteiger partial charge in [-0.1, -0.05) is 30.3 Å². The Morgan fingerprint density at radius 1 is 1.40 bits per heavy atom. The highest BCUT2D eigenvalue weighted by Gasteiger charge is 2.15. The lowest BCUT2D eigenvalue weighted by Gasteiger charge is -2.10. The van der Waals surface area contributed by atoms with E-state index >= 15 is 0 Å². The zero-order valence-electron chi connectivity index (χ0n) is 8.22. The summed E-state index contributed by atoms with van der Waals surface area (Å²) in [6.07, 6.45) is -0.237. The van der Waals surface area contributed by atoms with Gasteiger partial charge >= 0.3 is 0 Å². The molecule has 0 aliphatic rings. The summed E-state index contributed by atoms with van der Waals surface area (Å²) in [6, 6.07) is 8.51. The minimum Gasteiger partial charge on any atom is -0.371 e. The van der Waals surface area contributed by atoms with Crippen molar-refractivity contribution in [2.75, 3.05) is 6.54 Å². The van der Waals surface area contributed by atoms with Crippen LogP contribution in [0.2, 0.25) is 0 Å². The van der Waals surface area contributed by atoms with Gasteiger partial charge in [0.05, 0.1) is 0 Å². The van der Waals surface area contributed by atoms with Gasteiger partial charge in [-0.3, -0.25) is 10.1 Å². The Hall–Kier alpha value is -1.52. The number of ketones is 1. The van der Waals surface area contributed by atoms with Crippen molar-refractivity contribution in [3.8, 4) is 0 Å². The van der Waals surface area contributed by atoms with Gasteiger partial charge in [0.2, 0.25) is 5.78 Å². The summed E-state index contributed by atoms with van der Waals surface area (Å²) in [4.78, 5) is 21.6. The maximum Gasteiger partial charge on any atom is 0.206 e. The van der Waals surface area contributed by atoms with Crippen molar-refractivity contribution in [1.29, 1.82) is 0 Å². The van der Waals surface area contributed by atoms with Crippen LogP contribution in [0.15, 0.2) is 30.3 Å². The Morgan fingerprint density at radius 3 is 2.67 bits per heavy atom. The second-order valence-corrected chi connectivity index (χ2v) is 3.04. The molecule has 0 fully saturated rings. The van der Waals surface area contributed by atoms with Crippen molar-refractivity contribution >= 4 is 12.1 Å². The average Bonchev–Trinajstić information content (AvgIpc) is 2.29. The third-order valence-electron chi connectivity index (χ3n) is 1.91. The Labute approximate surface area is 87.9 Å². The number of nitrogens with one attached hydrogen (secondary N) is 1. The van der Waals surface area contributed by atoms with Gasteiger partial charge in [-0.2, -0.15) is 0 Å². The van der Waals surface area contributed by atoms with Gasteiger partial charge in [0.15, 0.2) is 6.23 Å². The summed E-state index contributed by atoms with van der Waals surface area (Å²) in [6.45, 7) is 0.295. The van der Waals surface area contributed by atoms with E-state index in [2.05, 4.69) is 5.32 Å². The van der Waals surface area contributed by atoms with Gasteiger partial charge in [0.25, 0.3) is 0 Å². The van der Waals surface area contributed by atoms with E-state index in [1.807, 2.05) is 0 Å². The van der Waals surface area contributed by atoms with Gasteiger partial charge in [0, 0.05) is 18.5 Å². The van der Waals surface area contributed by atoms with Crippen molar-refractivity contribution in [2.24, 2.45) is 0 Å². The Bertz CT molecular complexity index is 324. The highest BCUT2D eigenvalue weighted by molar-refractivity contribution is 5.98. The molecule has 1 atom stereocenters. The number of hydrogen-bond acceptors (Lipinski definition) is 4. The lowest BCUT2D eigenvalue weighted by Crippen LogP contribution is -2.37. The Balaban J connectivity index is 2.50. The molecular formula is C11H13NO3. The molecule has 0 aromatic heterocycles. The van der Waals surface area contributed by atoms with Crippen molar-refractivity contribution in [1.82, 2.24) is 5.32 Å². The molecule has 2 N–H and O–H groups in total. The maximum atomic E-state index is 11.5. The lowest BCUT2D eigenvalue weighted by molar-refractivity contribution is -0.107. The van der Waals surface area contributed by atoms with Crippen molar-refractivity contribution in [3.05, 3.63) is 35.9 Å². The number of rotatable bonds is 6. The van der Waals surface area contributed by atoms with Crippen LogP contribution in [-0.2, 0) is 4.79 Å². The zero-order chi connectivity index (χ0) is 11.1.